The number of rotatable bonds is 15. The van der Waals surface area contributed by atoms with Crippen molar-refractivity contribution in [1.82, 2.24) is 30.9 Å². The van der Waals surface area contributed by atoms with Gasteiger partial charge < -0.3 is 41.9 Å². The maximum Gasteiger partial charge on any atom is 0.326 e. The first-order valence-electron chi connectivity index (χ1n) is 15.4. The molecule has 4 atom stereocenters. The Morgan fingerprint density at radius 2 is 1.31 bits per heavy atom. The van der Waals surface area contributed by atoms with Crippen LogP contribution >= 0.6 is 0 Å². The monoisotopic (exact) mass is 651 g/mol. The number of carbonyl (C=O) groups excluding carboxylic acids is 3. The maximum atomic E-state index is 13.8. The normalized spacial score (nSPS) is 13.6. The molecule has 5 rings (SSSR count). The molecule has 2 aromatic heterocycles. The van der Waals surface area contributed by atoms with E-state index in [1.165, 1.54) is 24.7 Å². The van der Waals surface area contributed by atoms with Gasteiger partial charge in [-0.15, -0.1) is 0 Å². The molecule has 0 bridgehead atoms. The van der Waals surface area contributed by atoms with Crippen molar-refractivity contribution < 1.29 is 29.4 Å². The lowest BCUT2D eigenvalue weighted by Crippen LogP contribution is -2.58. The first-order valence-corrected chi connectivity index (χ1v) is 15.4. The van der Waals surface area contributed by atoms with E-state index in [-0.39, 0.29) is 31.4 Å². The molecule has 13 nitrogen and oxygen atoms in total. The first-order chi connectivity index (χ1) is 23.2. The fraction of sp³-hybridized carbons (Fsp3) is 0.229. The minimum Gasteiger partial charge on any atom is -0.508 e. The molecule has 13 heteroatoms. The number of aromatic nitrogens is 3. The summed E-state index contributed by atoms with van der Waals surface area (Å²) < 4.78 is 0. The Labute approximate surface area is 276 Å². The molecule has 248 valence electrons. The molecule has 0 fully saturated rings. The lowest BCUT2D eigenvalue weighted by atomic mass is 10.0. The van der Waals surface area contributed by atoms with Crippen LogP contribution in [0.3, 0.4) is 0 Å². The summed E-state index contributed by atoms with van der Waals surface area (Å²) in [4.78, 5) is 63.1. The summed E-state index contributed by atoms with van der Waals surface area (Å²) in [6, 6.07) is 17.9. The number of aliphatic carboxylic acids is 1. The van der Waals surface area contributed by atoms with E-state index in [0.717, 1.165) is 22.0 Å². The molecule has 9 N–H and O–H groups in total. The fourth-order valence-corrected chi connectivity index (χ4v) is 5.41. The van der Waals surface area contributed by atoms with Crippen LogP contribution in [0, 0.1) is 0 Å². The van der Waals surface area contributed by atoms with Crippen LogP contribution in [0.1, 0.15) is 22.4 Å². The molecule has 0 aliphatic rings. The van der Waals surface area contributed by atoms with E-state index in [0.29, 0.717) is 11.3 Å². The molecule has 0 saturated carbocycles. The van der Waals surface area contributed by atoms with Crippen LogP contribution in [0.5, 0.6) is 5.75 Å². The van der Waals surface area contributed by atoms with Crippen molar-refractivity contribution in [3.05, 3.63) is 120 Å². The van der Waals surface area contributed by atoms with Crippen LogP contribution in [0.25, 0.3) is 10.9 Å². The number of fused-ring (bicyclic) bond motifs is 1. The predicted molar refractivity (Wildman–Crippen MR) is 178 cm³/mol. The third-order valence-corrected chi connectivity index (χ3v) is 7.97. The highest BCUT2D eigenvalue weighted by atomic mass is 16.4. The smallest absolute Gasteiger partial charge is 0.326 e. The number of para-hydroxylation sites is 1. The van der Waals surface area contributed by atoms with Crippen LogP contribution in [0.15, 0.2) is 97.6 Å². The SMILES string of the molecule is NC(Cc1c[nH]c2ccccc12)C(=O)NC(Cc1cnc[nH]1)C(=O)NC(Cc1ccccc1)C(=O)NC(Cc1ccc(O)cc1)C(=O)O. The number of carboxylic acids is 1. The van der Waals surface area contributed by atoms with Crippen molar-refractivity contribution in [2.45, 2.75) is 49.9 Å². The summed E-state index contributed by atoms with van der Waals surface area (Å²) in [5.41, 5.74) is 9.94. The Morgan fingerprint density at radius 3 is 2.00 bits per heavy atom. The van der Waals surface area contributed by atoms with E-state index in [1.807, 2.05) is 30.3 Å². The van der Waals surface area contributed by atoms with Crippen LogP contribution < -0.4 is 21.7 Å². The number of imidazole rings is 1. The number of aromatic hydroxyl groups is 1. The number of aromatic amines is 2. The van der Waals surface area contributed by atoms with E-state index in [4.69, 9.17) is 5.73 Å². The number of amides is 3. The molecule has 0 aliphatic heterocycles. The van der Waals surface area contributed by atoms with E-state index in [9.17, 15) is 29.4 Å². The number of hydrogen-bond acceptors (Lipinski definition) is 7. The van der Waals surface area contributed by atoms with E-state index in [2.05, 4.69) is 30.9 Å². The summed E-state index contributed by atoms with van der Waals surface area (Å²) >= 11 is 0. The number of carboxylic acid groups (broad SMARTS) is 1. The van der Waals surface area contributed by atoms with Gasteiger partial charge in [0.15, 0.2) is 0 Å². The van der Waals surface area contributed by atoms with Crippen molar-refractivity contribution in [3.8, 4) is 5.75 Å². The molecular formula is C35H37N7O6. The highest BCUT2D eigenvalue weighted by Gasteiger charge is 2.31. The summed E-state index contributed by atoms with van der Waals surface area (Å²) in [7, 11) is 0. The van der Waals surface area contributed by atoms with Crippen LogP contribution in [0.4, 0.5) is 0 Å². The number of carbonyl (C=O) groups is 4. The molecule has 4 unspecified atom stereocenters. The number of phenols is 1. The number of nitrogens with two attached hydrogens (primary N) is 1. The van der Waals surface area contributed by atoms with Gasteiger partial charge in [0.25, 0.3) is 0 Å². The molecular weight excluding hydrogens is 614 g/mol. The molecule has 0 saturated heterocycles. The average Bonchev–Trinajstić information content (AvgIpc) is 3.75. The lowest BCUT2D eigenvalue weighted by Gasteiger charge is -2.25. The van der Waals surface area contributed by atoms with Gasteiger partial charge in [0.1, 0.15) is 23.9 Å². The fourth-order valence-electron chi connectivity index (χ4n) is 5.41. The second-order valence-corrected chi connectivity index (χ2v) is 11.5. The molecule has 0 radical (unpaired) electrons. The summed E-state index contributed by atoms with van der Waals surface area (Å²) in [6.45, 7) is 0. The molecule has 5 aromatic rings. The van der Waals surface area contributed by atoms with Crippen molar-refractivity contribution in [2.75, 3.05) is 0 Å². The number of nitrogens with zero attached hydrogens (tertiary/aromatic N) is 1. The van der Waals surface area contributed by atoms with Gasteiger partial charge in [-0.2, -0.15) is 0 Å². The predicted octanol–water partition coefficient (Wildman–Crippen LogP) is 1.73. The molecule has 3 amide bonds. The number of hydrogen-bond donors (Lipinski definition) is 8. The third-order valence-electron chi connectivity index (χ3n) is 7.97. The zero-order valence-corrected chi connectivity index (χ0v) is 25.9. The van der Waals surface area contributed by atoms with Crippen molar-refractivity contribution >= 4 is 34.6 Å². The molecule has 3 aromatic carbocycles. The van der Waals surface area contributed by atoms with E-state index >= 15 is 0 Å². The largest absolute Gasteiger partial charge is 0.508 e. The van der Waals surface area contributed by atoms with Gasteiger partial charge in [-0.25, -0.2) is 9.78 Å². The maximum absolute atomic E-state index is 13.8. The average molecular weight is 652 g/mol. The Bertz CT molecular complexity index is 1840. The first kappa shape index (κ1) is 33.4. The van der Waals surface area contributed by atoms with Gasteiger partial charge in [0.2, 0.25) is 17.7 Å². The quantitative estimate of drug-likeness (QED) is 0.0832. The third kappa shape index (κ3) is 8.85. The van der Waals surface area contributed by atoms with Gasteiger partial charge >= 0.3 is 5.97 Å². The Balaban J connectivity index is 1.33. The van der Waals surface area contributed by atoms with Gasteiger partial charge in [0, 0.05) is 48.3 Å². The van der Waals surface area contributed by atoms with Gasteiger partial charge in [-0.1, -0.05) is 60.7 Å². The minimum atomic E-state index is -1.32. The van der Waals surface area contributed by atoms with Gasteiger partial charge in [-0.05, 0) is 41.3 Å². The zero-order valence-electron chi connectivity index (χ0n) is 25.9. The number of benzene rings is 3. The summed E-state index contributed by atoms with van der Waals surface area (Å²) in [5.74, 6) is -3.20. The zero-order chi connectivity index (χ0) is 34.0. The molecule has 0 spiro atoms. The number of nitrogens with one attached hydrogen (secondary N) is 5. The Kier molecular flexibility index (Phi) is 10.8. The van der Waals surface area contributed by atoms with Crippen molar-refractivity contribution in [3.63, 3.8) is 0 Å². The van der Waals surface area contributed by atoms with Crippen LogP contribution in [-0.2, 0) is 44.9 Å². The highest BCUT2D eigenvalue weighted by molar-refractivity contribution is 5.94. The minimum absolute atomic E-state index is 0.0235. The van der Waals surface area contributed by atoms with Gasteiger partial charge in [0.05, 0.1) is 12.4 Å². The summed E-state index contributed by atoms with van der Waals surface area (Å²) in [6.07, 6.45) is 4.99. The Morgan fingerprint density at radius 1 is 0.708 bits per heavy atom. The molecule has 0 aliphatic carbocycles. The second kappa shape index (κ2) is 15.6. The number of H-pyrrole nitrogens is 2. The molecule has 48 heavy (non-hydrogen) atoms. The topological polar surface area (TPSA) is 215 Å². The molecule has 2 heterocycles. The van der Waals surface area contributed by atoms with E-state index < -0.39 is 47.9 Å². The Hall–Kier alpha value is -5.95. The van der Waals surface area contributed by atoms with E-state index in [1.54, 1.807) is 42.6 Å². The highest BCUT2D eigenvalue weighted by Crippen LogP contribution is 2.19. The standard InChI is InChI=1S/C35H37N7O6/c36-27(16-23-18-38-28-9-5-4-8-26(23)28)32(44)40-30(17-24-19-37-20-39-24)34(46)41-29(14-21-6-2-1-3-7-21)33(45)42-31(35(47)48)15-22-10-12-25(43)13-11-22/h1-13,18-20,27,29-31,38,43H,14-17,36H2,(H,37,39)(H,40,44)(H,41,46)(H,42,45)(H,47,48). The van der Waals surface area contributed by atoms with Crippen molar-refractivity contribution in [1.29, 1.82) is 0 Å². The van der Waals surface area contributed by atoms with Crippen molar-refractivity contribution in [2.24, 2.45) is 5.73 Å². The van der Waals surface area contributed by atoms with Crippen LogP contribution in [0.2, 0.25) is 0 Å². The number of phenolic OH excluding ortho intramolecular Hbond substituents is 1. The second-order valence-electron chi connectivity index (χ2n) is 11.5. The van der Waals surface area contributed by atoms with Crippen LogP contribution in [-0.4, -0.2) is 73.0 Å². The van der Waals surface area contributed by atoms with Gasteiger partial charge in [-0.3, -0.25) is 14.4 Å². The lowest BCUT2D eigenvalue weighted by molar-refractivity contribution is -0.142. The summed E-state index contributed by atoms with van der Waals surface area (Å²) in [5, 5.41) is 28.4.